The number of amides is 1. The van der Waals surface area contributed by atoms with E-state index in [9.17, 15) is 19.2 Å². The standard InChI is InChI=1S/C18H19N3O6/c1-11(22)21-9-15(27-14-7-5-4-6-13(14)21)17(24)26-10-12-8-16(23)20(3)18(25)19(12)2/h4-8,15H,9-10H2,1-3H3/t15-/m1/s1. The van der Waals surface area contributed by atoms with Gasteiger partial charge < -0.3 is 14.4 Å². The van der Waals surface area contributed by atoms with Crippen LogP contribution in [0.25, 0.3) is 0 Å². The van der Waals surface area contributed by atoms with Crippen LogP contribution < -0.4 is 20.9 Å². The van der Waals surface area contributed by atoms with Crippen molar-refractivity contribution in [3.8, 4) is 5.75 Å². The predicted octanol–water partition coefficient (Wildman–Crippen LogP) is -0.0587. The van der Waals surface area contributed by atoms with E-state index in [1.54, 1.807) is 24.3 Å². The first-order valence-electron chi connectivity index (χ1n) is 8.26. The average molecular weight is 373 g/mol. The molecule has 1 aromatic heterocycles. The van der Waals surface area contributed by atoms with Gasteiger partial charge in [-0.25, -0.2) is 9.59 Å². The summed E-state index contributed by atoms with van der Waals surface area (Å²) >= 11 is 0. The molecule has 1 aliphatic rings. The van der Waals surface area contributed by atoms with E-state index in [0.29, 0.717) is 11.4 Å². The fraction of sp³-hybridized carbons (Fsp3) is 0.333. The Bertz CT molecular complexity index is 1020. The number of rotatable bonds is 3. The van der Waals surface area contributed by atoms with Crippen molar-refractivity contribution in [1.82, 2.24) is 9.13 Å². The SMILES string of the molecule is CC(=O)N1C[C@H](C(=O)OCc2cc(=O)n(C)c(=O)n2C)Oc2ccccc21. The summed E-state index contributed by atoms with van der Waals surface area (Å²) in [6, 6.07) is 8.13. The summed E-state index contributed by atoms with van der Waals surface area (Å²) in [5.74, 6) is -0.511. The molecule has 142 valence electrons. The molecule has 0 unspecified atom stereocenters. The highest BCUT2D eigenvalue weighted by atomic mass is 16.6. The van der Waals surface area contributed by atoms with Gasteiger partial charge in [-0.1, -0.05) is 12.1 Å². The molecule has 2 heterocycles. The van der Waals surface area contributed by atoms with Crippen molar-refractivity contribution in [2.75, 3.05) is 11.4 Å². The predicted molar refractivity (Wildman–Crippen MR) is 95.6 cm³/mol. The second-order valence-electron chi connectivity index (χ2n) is 6.19. The first kappa shape index (κ1) is 18.4. The van der Waals surface area contributed by atoms with Gasteiger partial charge in [0.05, 0.1) is 17.9 Å². The normalized spacial score (nSPS) is 15.7. The average Bonchev–Trinajstić information content (AvgIpc) is 2.66. The van der Waals surface area contributed by atoms with Crippen LogP contribution in [0.15, 0.2) is 39.9 Å². The minimum absolute atomic E-state index is 0.0145. The lowest BCUT2D eigenvalue weighted by Gasteiger charge is -2.33. The van der Waals surface area contributed by atoms with Gasteiger partial charge in [-0.15, -0.1) is 0 Å². The van der Waals surface area contributed by atoms with E-state index < -0.39 is 23.3 Å². The smallest absolute Gasteiger partial charge is 0.349 e. The van der Waals surface area contributed by atoms with E-state index in [1.165, 1.54) is 36.6 Å². The van der Waals surface area contributed by atoms with Gasteiger partial charge in [0.2, 0.25) is 12.0 Å². The highest BCUT2D eigenvalue weighted by Gasteiger charge is 2.33. The van der Waals surface area contributed by atoms with Crippen LogP contribution in [0.1, 0.15) is 12.6 Å². The van der Waals surface area contributed by atoms with Gasteiger partial charge in [0.25, 0.3) is 5.56 Å². The first-order chi connectivity index (χ1) is 12.8. The zero-order valence-corrected chi connectivity index (χ0v) is 15.2. The Morgan fingerprint density at radius 3 is 2.59 bits per heavy atom. The van der Waals surface area contributed by atoms with E-state index in [-0.39, 0.29) is 24.8 Å². The topological polar surface area (TPSA) is 99.8 Å². The number of anilines is 1. The summed E-state index contributed by atoms with van der Waals surface area (Å²) in [7, 11) is 2.85. The largest absolute Gasteiger partial charge is 0.475 e. The molecular formula is C18H19N3O6. The Balaban J connectivity index is 1.77. The number of hydrogen-bond donors (Lipinski definition) is 0. The van der Waals surface area contributed by atoms with Crippen molar-refractivity contribution in [3.05, 3.63) is 56.9 Å². The number of ether oxygens (including phenoxy) is 2. The van der Waals surface area contributed by atoms with Gasteiger partial charge in [0, 0.05) is 27.1 Å². The van der Waals surface area contributed by atoms with Gasteiger partial charge in [-0.2, -0.15) is 0 Å². The van der Waals surface area contributed by atoms with E-state index in [0.717, 1.165) is 4.57 Å². The number of benzene rings is 1. The number of carbonyl (C=O) groups is 2. The number of fused-ring (bicyclic) bond motifs is 1. The van der Waals surface area contributed by atoms with Crippen LogP contribution in [0.3, 0.4) is 0 Å². The highest BCUT2D eigenvalue weighted by Crippen LogP contribution is 2.33. The third-order valence-corrected chi connectivity index (χ3v) is 4.40. The number of para-hydroxylation sites is 2. The van der Waals surface area contributed by atoms with E-state index >= 15 is 0 Å². The molecule has 0 aliphatic carbocycles. The molecule has 0 radical (unpaired) electrons. The Labute approximate surface area is 154 Å². The molecule has 0 saturated carbocycles. The van der Waals surface area contributed by atoms with Crippen molar-refractivity contribution in [3.63, 3.8) is 0 Å². The van der Waals surface area contributed by atoms with Crippen molar-refractivity contribution in [2.45, 2.75) is 19.6 Å². The van der Waals surface area contributed by atoms with Crippen LogP contribution in [-0.4, -0.2) is 33.7 Å². The molecule has 27 heavy (non-hydrogen) atoms. The van der Waals surface area contributed by atoms with Gasteiger partial charge in [-0.3, -0.25) is 18.7 Å². The number of esters is 1. The molecule has 1 atom stereocenters. The van der Waals surface area contributed by atoms with Gasteiger partial charge in [0.1, 0.15) is 12.4 Å². The number of nitrogens with zero attached hydrogens (tertiary/aromatic N) is 3. The first-order valence-corrected chi connectivity index (χ1v) is 8.26. The third-order valence-electron chi connectivity index (χ3n) is 4.40. The summed E-state index contributed by atoms with van der Waals surface area (Å²) in [5, 5.41) is 0. The van der Waals surface area contributed by atoms with Gasteiger partial charge >= 0.3 is 11.7 Å². The lowest BCUT2D eigenvalue weighted by molar-refractivity contribution is -0.153. The van der Waals surface area contributed by atoms with Crippen molar-refractivity contribution in [2.24, 2.45) is 14.1 Å². The molecule has 0 spiro atoms. The van der Waals surface area contributed by atoms with E-state index in [4.69, 9.17) is 9.47 Å². The highest BCUT2D eigenvalue weighted by molar-refractivity contribution is 5.95. The van der Waals surface area contributed by atoms with Crippen molar-refractivity contribution < 1.29 is 19.1 Å². The van der Waals surface area contributed by atoms with Crippen LogP contribution in [0, 0.1) is 0 Å². The molecule has 3 rings (SSSR count). The lowest BCUT2D eigenvalue weighted by Crippen LogP contribution is -2.47. The maximum Gasteiger partial charge on any atom is 0.349 e. The number of aromatic nitrogens is 2. The molecule has 9 nitrogen and oxygen atoms in total. The molecule has 0 bridgehead atoms. The molecule has 0 fully saturated rings. The summed E-state index contributed by atoms with van der Waals surface area (Å²) in [6.07, 6.45) is -1.01. The van der Waals surface area contributed by atoms with Gasteiger partial charge in [0.15, 0.2) is 0 Å². The van der Waals surface area contributed by atoms with E-state index in [1.807, 2.05) is 0 Å². The Hall–Kier alpha value is -3.36. The quantitative estimate of drug-likeness (QED) is 0.699. The Morgan fingerprint density at radius 2 is 1.89 bits per heavy atom. The van der Waals surface area contributed by atoms with Crippen LogP contribution >= 0.6 is 0 Å². The molecule has 2 aromatic rings. The lowest BCUT2D eigenvalue weighted by atomic mass is 10.2. The van der Waals surface area contributed by atoms with Crippen LogP contribution in [0.2, 0.25) is 0 Å². The van der Waals surface area contributed by atoms with Gasteiger partial charge in [-0.05, 0) is 12.1 Å². The maximum absolute atomic E-state index is 12.4. The fourth-order valence-electron chi connectivity index (χ4n) is 2.81. The molecule has 9 heteroatoms. The Morgan fingerprint density at radius 1 is 1.19 bits per heavy atom. The zero-order valence-electron chi connectivity index (χ0n) is 15.2. The molecular weight excluding hydrogens is 354 g/mol. The summed E-state index contributed by atoms with van der Waals surface area (Å²) in [5.41, 5.74) is -0.159. The number of carbonyl (C=O) groups excluding carboxylic acids is 2. The third kappa shape index (κ3) is 3.48. The second-order valence-corrected chi connectivity index (χ2v) is 6.19. The molecule has 1 aliphatic heterocycles. The zero-order chi connectivity index (χ0) is 19.7. The minimum atomic E-state index is -1.01. The van der Waals surface area contributed by atoms with Crippen molar-refractivity contribution >= 4 is 17.6 Å². The fourth-order valence-corrected chi connectivity index (χ4v) is 2.81. The molecule has 0 N–H and O–H groups in total. The Kier molecular flexibility index (Phi) is 4.85. The molecule has 1 aromatic carbocycles. The second kappa shape index (κ2) is 7.10. The minimum Gasteiger partial charge on any atom is -0.475 e. The molecule has 0 saturated heterocycles. The van der Waals surface area contributed by atoms with E-state index in [2.05, 4.69) is 0 Å². The van der Waals surface area contributed by atoms with Crippen LogP contribution in [0.5, 0.6) is 5.75 Å². The summed E-state index contributed by atoms with van der Waals surface area (Å²) in [6.45, 7) is 1.16. The number of hydrogen-bond acceptors (Lipinski definition) is 6. The summed E-state index contributed by atoms with van der Waals surface area (Å²) < 4.78 is 13.1. The van der Waals surface area contributed by atoms with Crippen molar-refractivity contribution in [1.29, 1.82) is 0 Å². The molecule has 1 amide bonds. The van der Waals surface area contributed by atoms with Crippen LogP contribution in [-0.2, 0) is 35.0 Å². The maximum atomic E-state index is 12.4. The monoisotopic (exact) mass is 373 g/mol. The van der Waals surface area contributed by atoms with Crippen LogP contribution in [0.4, 0.5) is 5.69 Å². The summed E-state index contributed by atoms with van der Waals surface area (Å²) in [4.78, 5) is 49.5.